The van der Waals surface area contributed by atoms with Crippen LogP contribution in [0.2, 0.25) is 0 Å². The molecule has 0 heterocycles. The van der Waals surface area contributed by atoms with Crippen molar-refractivity contribution in [1.82, 2.24) is 5.43 Å². The van der Waals surface area contributed by atoms with E-state index in [0.29, 0.717) is 23.7 Å². The van der Waals surface area contributed by atoms with E-state index in [1.807, 2.05) is 30.3 Å². The van der Waals surface area contributed by atoms with E-state index in [0.717, 1.165) is 22.0 Å². The van der Waals surface area contributed by atoms with Gasteiger partial charge in [0.15, 0.2) is 4.90 Å². The van der Waals surface area contributed by atoms with Crippen molar-refractivity contribution in [3.05, 3.63) is 118 Å². The van der Waals surface area contributed by atoms with Gasteiger partial charge in [0, 0.05) is 17.7 Å². The Morgan fingerprint density at radius 2 is 1.63 bits per heavy atom. The predicted molar refractivity (Wildman–Crippen MR) is 160 cm³/mol. The van der Waals surface area contributed by atoms with Gasteiger partial charge in [-0.15, -0.1) is 0 Å². The monoisotopic (exact) mass is 604 g/mol. The summed E-state index contributed by atoms with van der Waals surface area (Å²) in [6.45, 7) is -0.458. The first-order valence-corrected chi connectivity index (χ1v) is 14.2. The Balaban J connectivity index is 1.60. The molecule has 1 amide bonds. The van der Waals surface area contributed by atoms with Crippen LogP contribution in [0.4, 0.5) is 11.4 Å². The summed E-state index contributed by atoms with van der Waals surface area (Å²) in [5.74, 6) is 0.125. The van der Waals surface area contributed by atoms with E-state index < -0.39 is 38.0 Å². The molecule has 1 N–H and O–H groups in total. The average Bonchev–Trinajstić information content (AvgIpc) is 3.03. The van der Waals surface area contributed by atoms with E-state index in [1.54, 1.807) is 24.3 Å². The number of para-hydroxylation sites is 2. The molecule has 43 heavy (non-hydrogen) atoms. The van der Waals surface area contributed by atoms with Crippen molar-refractivity contribution in [3.63, 3.8) is 0 Å². The average molecular weight is 605 g/mol. The van der Waals surface area contributed by atoms with Crippen molar-refractivity contribution < 1.29 is 32.3 Å². The van der Waals surface area contributed by atoms with Gasteiger partial charge in [0.1, 0.15) is 30.4 Å². The second kappa shape index (κ2) is 14.0. The van der Waals surface area contributed by atoms with E-state index in [-0.39, 0.29) is 11.4 Å². The van der Waals surface area contributed by atoms with Crippen LogP contribution in [0.1, 0.15) is 11.1 Å². The van der Waals surface area contributed by atoms with Crippen molar-refractivity contribution >= 4 is 33.5 Å². The number of ether oxygens (including phenoxy) is 3. The van der Waals surface area contributed by atoms with Crippen LogP contribution in [0.5, 0.6) is 17.2 Å². The molecule has 0 aliphatic heterocycles. The summed E-state index contributed by atoms with van der Waals surface area (Å²) in [7, 11) is -1.92. The zero-order chi connectivity index (χ0) is 30.8. The van der Waals surface area contributed by atoms with E-state index in [4.69, 9.17) is 14.2 Å². The fourth-order valence-electron chi connectivity index (χ4n) is 4.03. The molecule has 0 radical (unpaired) electrons. The maximum atomic E-state index is 13.8. The highest BCUT2D eigenvalue weighted by Gasteiger charge is 2.34. The summed E-state index contributed by atoms with van der Waals surface area (Å²) in [5, 5.41) is 15.6. The minimum Gasteiger partial charge on any atom is -0.497 e. The molecular formula is C30H28N4O8S. The van der Waals surface area contributed by atoms with Gasteiger partial charge in [0.25, 0.3) is 21.6 Å². The Labute approximate surface area is 248 Å². The number of nitrogens with zero attached hydrogens (tertiary/aromatic N) is 3. The highest BCUT2D eigenvalue weighted by atomic mass is 32.2. The number of hydrogen-bond acceptors (Lipinski definition) is 9. The number of nitro benzene ring substituents is 1. The number of carbonyl (C=O) groups is 1. The van der Waals surface area contributed by atoms with Crippen LogP contribution in [0, 0.1) is 10.1 Å². The minimum absolute atomic E-state index is 0.0414. The van der Waals surface area contributed by atoms with Gasteiger partial charge in [-0.25, -0.2) is 13.8 Å². The van der Waals surface area contributed by atoms with Crippen LogP contribution < -0.4 is 23.9 Å². The first kappa shape index (κ1) is 30.5. The van der Waals surface area contributed by atoms with Crippen LogP contribution >= 0.6 is 0 Å². The molecule has 12 nitrogen and oxygen atoms in total. The fraction of sp³-hybridized carbons (Fsp3) is 0.133. The summed E-state index contributed by atoms with van der Waals surface area (Å²) < 4.78 is 44.9. The number of anilines is 1. The van der Waals surface area contributed by atoms with Crippen LogP contribution in [0.15, 0.2) is 107 Å². The molecule has 4 rings (SSSR count). The van der Waals surface area contributed by atoms with Crippen molar-refractivity contribution in [3.8, 4) is 17.2 Å². The second-order valence-corrected chi connectivity index (χ2v) is 10.7. The molecule has 0 spiro atoms. The minimum atomic E-state index is -4.66. The Hall–Kier alpha value is -5.43. The maximum absolute atomic E-state index is 13.8. The van der Waals surface area contributed by atoms with E-state index in [9.17, 15) is 23.3 Å². The lowest BCUT2D eigenvalue weighted by Gasteiger charge is -2.25. The molecule has 0 aromatic heterocycles. The fourth-order valence-corrected chi connectivity index (χ4v) is 5.62. The van der Waals surface area contributed by atoms with Crippen molar-refractivity contribution in [1.29, 1.82) is 0 Å². The number of hydrogen-bond donors (Lipinski definition) is 1. The highest BCUT2D eigenvalue weighted by molar-refractivity contribution is 7.93. The maximum Gasteiger partial charge on any atom is 0.289 e. The van der Waals surface area contributed by atoms with Gasteiger partial charge in [0.2, 0.25) is 0 Å². The van der Waals surface area contributed by atoms with E-state index in [1.165, 1.54) is 50.8 Å². The highest BCUT2D eigenvalue weighted by Crippen LogP contribution is 2.37. The molecule has 0 saturated carbocycles. The van der Waals surface area contributed by atoms with E-state index >= 15 is 0 Å². The summed E-state index contributed by atoms with van der Waals surface area (Å²) in [4.78, 5) is 23.3. The molecule has 4 aromatic rings. The van der Waals surface area contributed by atoms with Gasteiger partial charge >= 0.3 is 0 Å². The topological polar surface area (TPSA) is 150 Å². The molecule has 0 aliphatic carbocycles. The third-order valence-corrected chi connectivity index (χ3v) is 7.93. The number of sulfonamides is 1. The lowest BCUT2D eigenvalue weighted by molar-refractivity contribution is -0.387. The zero-order valence-electron chi connectivity index (χ0n) is 23.2. The van der Waals surface area contributed by atoms with Gasteiger partial charge in [-0.1, -0.05) is 54.6 Å². The smallest absolute Gasteiger partial charge is 0.289 e. The molecule has 0 aliphatic rings. The van der Waals surface area contributed by atoms with Crippen LogP contribution in [0.25, 0.3) is 0 Å². The molecule has 0 unspecified atom stereocenters. The zero-order valence-corrected chi connectivity index (χ0v) is 24.1. The summed E-state index contributed by atoms with van der Waals surface area (Å²) in [6.07, 6.45) is 1.37. The predicted octanol–water partition coefficient (Wildman–Crippen LogP) is 4.54. The van der Waals surface area contributed by atoms with Gasteiger partial charge < -0.3 is 14.2 Å². The number of benzene rings is 4. The molecule has 0 atom stereocenters. The van der Waals surface area contributed by atoms with Crippen molar-refractivity contribution in [2.45, 2.75) is 11.5 Å². The number of nitro groups is 1. The van der Waals surface area contributed by atoms with E-state index in [2.05, 4.69) is 10.5 Å². The summed E-state index contributed by atoms with van der Waals surface area (Å²) in [5.41, 5.74) is 3.17. The van der Waals surface area contributed by atoms with Gasteiger partial charge in [-0.2, -0.15) is 5.10 Å². The Morgan fingerprint density at radius 1 is 0.930 bits per heavy atom. The summed E-state index contributed by atoms with van der Waals surface area (Å²) >= 11 is 0. The number of hydrazone groups is 1. The normalized spacial score (nSPS) is 11.1. The Bertz CT molecular complexity index is 1730. The largest absolute Gasteiger partial charge is 0.497 e. The van der Waals surface area contributed by atoms with Crippen LogP contribution in [0.3, 0.4) is 0 Å². The molecule has 0 bridgehead atoms. The first-order valence-electron chi connectivity index (χ1n) is 12.8. The third kappa shape index (κ3) is 7.45. The molecular weight excluding hydrogens is 576 g/mol. The lowest BCUT2D eigenvalue weighted by atomic mass is 10.2. The molecule has 0 saturated heterocycles. The van der Waals surface area contributed by atoms with Gasteiger partial charge in [0.05, 0.1) is 31.0 Å². The molecule has 13 heteroatoms. The first-order chi connectivity index (χ1) is 20.7. The standard InChI is InChI=1S/C30H28N4O8S/c1-40-24-16-17-25(28(18-24)41-2)33(43(38,39)29-15-9-7-13-26(29)34(36)37)20-30(35)32-31-19-23-12-6-8-14-27(23)42-21-22-10-4-3-5-11-22/h3-19H,20-21H2,1-2H3,(H,32,35)/b31-19-. The Kier molecular flexibility index (Phi) is 9.91. The number of amides is 1. The number of methoxy groups -OCH3 is 2. The third-order valence-electron chi connectivity index (χ3n) is 6.12. The molecule has 222 valence electrons. The molecule has 4 aromatic carbocycles. The SMILES string of the molecule is COc1ccc(N(CC(=O)N/N=C\c2ccccc2OCc2ccccc2)S(=O)(=O)c2ccccc2[N+](=O)[O-])c(OC)c1. The summed E-state index contributed by atoms with van der Waals surface area (Å²) in [6, 6.07) is 25.8. The number of nitrogens with one attached hydrogen (secondary N) is 1. The van der Waals surface area contributed by atoms with Crippen molar-refractivity contribution in [2.24, 2.45) is 5.10 Å². The Morgan fingerprint density at radius 3 is 2.35 bits per heavy atom. The number of carbonyl (C=O) groups excluding carboxylic acids is 1. The molecule has 0 fully saturated rings. The lowest BCUT2D eigenvalue weighted by Crippen LogP contribution is -2.40. The van der Waals surface area contributed by atoms with Crippen LogP contribution in [-0.4, -0.2) is 46.2 Å². The number of rotatable bonds is 13. The van der Waals surface area contributed by atoms with Crippen LogP contribution in [-0.2, 0) is 21.4 Å². The van der Waals surface area contributed by atoms with Gasteiger partial charge in [-0.3, -0.25) is 19.2 Å². The quantitative estimate of drug-likeness (QED) is 0.133. The van der Waals surface area contributed by atoms with Gasteiger partial charge in [-0.05, 0) is 35.9 Å². The van der Waals surface area contributed by atoms with Crippen molar-refractivity contribution in [2.75, 3.05) is 25.1 Å². The second-order valence-electron chi connectivity index (χ2n) is 8.88.